The van der Waals surface area contributed by atoms with Gasteiger partial charge < -0.3 is 20.5 Å². The number of halogens is 3. The number of carboxylic acids is 1. The highest BCUT2D eigenvalue weighted by Gasteiger charge is 2.32. The molecular formula is C31H33F3N2O5. The predicted molar refractivity (Wildman–Crippen MR) is 148 cm³/mol. The molecule has 7 nitrogen and oxygen atoms in total. The molecular weight excluding hydrogens is 537 g/mol. The Bertz CT molecular complexity index is 1340. The van der Waals surface area contributed by atoms with Gasteiger partial charge in [0.25, 0.3) is 11.8 Å². The summed E-state index contributed by atoms with van der Waals surface area (Å²) < 4.78 is 42.2. The number of aliphatic carboxylic acids is 1. The van der Waals surface area contributed by atoms with Crippen molar-refractivity contribution in [3.8, 4) is 5.75 Å². The van der Waals surface area contributed by atoms with Crippen molar-refractivity contribution in [2.45, 2.75) is 58.4 Å². The van der Waals surface area contributed by atoms with Gasteiger partial charge in [0.15, 0.2) is 0 Å². The molecule has 3 aromatic rings. The molecule has 0 heterocycles. The van der Waals surface area contributed by atoms with Gasteiger partial charge in [-0.25, -0.2) is 0 Å². The molecule has 2 unspecified atom stereocenters. The number of carbonyl (C=O) groups is 3. The molecule has 218 valence electrons. The van der Waals surface area contributed by atoms with E-state index >= 15 is 0 Å². The number of ether oxygens (including phenoxy) is 1. The highest BCUT2D eigenvalue weighted by molar-refractivity contribution is 5.95. The Morgan fingerprint density at radius 3 is 1.98 bits per heavy atom. The van der Waals surface area contributed by atoms with Crippen molar-refractivity contribution in [1.82, 2.24) is 10.6 Å². The molecule has 3 rings (SSSR count). The van der Waals surface area contributed by atoms with E-state index in [9.17, 15) is 27.6 Å². The molecule has 0 saturated carbocycles. The molecule has 0 bridgehead atoms. The van der Waals surface area contributed by atoms with Gasteiger partial charge in [0, 0.05) is 23.6 Å². The first kappa shape index (κ1) is 31.2. The van der Waals surface area contributed by atoms with Crippen LogP contribution in [0.4, 0.5) is 13.2 Å². The summed E-state index contributed by atoms with van der Waals surface area (Å²) in [6.07, 6.45) is -3.66. The van der Waals surface area contributed by atoms with Gasteiger partial charge in [-0.05, 0) is 67.8 Å². The maximum absolute atomic E-state index is 13.4. The number of carbonyl (C=O) groups excluding carboxylic acids is 2. The summed E-state index contributed by atoms with van der Waals surface area (Å²) in [7, 11) is 0. The molecule has 41 heavy (non-hydrogen) atoms. The molecule has 2 amide bonds. The quantitative estimate of drug-likeness (QED) is 0.232. The number of alkyl halides is 3. The highest BCUT2D eigenvalue weighted by atomic mass is 19.4. The largest absolute Gasteiger partial charge is 0.573 e. The van der Waals surface area contributed by atoms with Crippen LogP contribution in [0, 0.1) is 13.8 Å². The van der Waals surface area contributed by atoms with E-state index in [1.807, 2.05) is 26.8 Å². The third-order valence-corrected chi connectivity index (χ3v) is 6.47. The van der Waals surface area contributed by atoms with Crippen LogP contribution in [0.1, 0.15) is 81.1 Å². The second kappa shape index (κ2) is 13.8. The Hall–Kier alpha value is -4.34. The van der Waals surface area contributed by atoms with Crippen LogP contribution in [-0.2, 0) is 4.79 Å². The fourth-order valence-corrected chi connectivity index (χ4v) is 4.73. The third kappa shape index (κ3) is 9.37. The number of carboxylic acid groups (broad SMARTS) is 1. The van der Waals surface area contributed by atoms with E-state index in [-0.39, 0.29) is 30.5 Å². The van der Waals surface area contributed by atoms with Gasteiger partial charge in [0.1, 0.15) is 5.75 Å². The summed E-state index contributed by atoms with van der Waals surface area (Å²) in [6.45, 7) is 5.76. The normalized spacial score (nSPS) is 12.7. The lowest BCUT2D eigenvalue weighted by atomic mass is 9.83. The SMILES string of the molecule is CCCC(c1ccc(C(=O)NCCC(=O)O)cc1)C(NC(=O)c1cc(C)cc(C)c1)c1ccc(OC(F)(F)F)cc1. The zero-order valence-corrected chi connectivity index (χ0v) is 23.0. The van der Waals surface area contributed by atoms with Gasteiger partial charge in [0.2, 0.25) is 0 Å². The highest BCUT2D eigenvalue weighted by Crippen LogP contribution is 2.36. The summed E-state index contributed by atoms with van der Waals surface area (Å²) in [4.78, 5) is 36.6. The maximum Gasteiger partial charge on any atom is 0.573 e. The molecule has 0 aliphatic rings. The smallest absolute Gasteiger partial charge is 0.481 e. The van der Waals surface area contributed by atoms with Crippen molar-refractivity contribution in [3.05, 3.63) is 100 Å². The lowest BCUT2D eigenvalue weighted by molar-refractivity contribution is -0.274. The summed E-state index contributed by atoms with van der Waals surface area (Å²) >= 11 is 0. The number of nitrogens with one attached hydrogen (secondary N) is 2. The van der Waals surface area contributed by atoms with Crippen molar-refractivity contribution in [2.75, 3.05) is 6.54 Å². The zero-order valence-electron chi connectivity index (χ0n) is 23.0. The van der Waals surface area contributed by atoms with E-state index < -0.39 is 24.3 Å². The number of aryl methyl sites for hydroxylation is 2. The Kier molecular flexibility index (Phi) is 10.5. The van der Waals surface area contributed by atoms with Crippen LogP contribution in [0.25, 0.3) is 0 Å². The molecule has 0 spiro atoms. The standard InChI is InChI=1S/C31H33F3N2O5/c1-4-5-26(21-6-8-23(9-7-21)29(39)35-15-14-27(37)38)28(22-10-12-25(13-11-22)41-31(32,33)34)36-30(40)24-17-19(2)16-20(3)18-24/h6-13,16-18,26,28H,4-5,14-15H2,1-3H3,(H,35,39)(H,36,40)(H,37,38). The van der Waals surface area contributed by atoms with E-state index in [0.29, 0.717) is 23.1 Å². The predicted octanol–water partition coefficient (Wildman–Crippen LogP) is 6.46. The molecule has 10 heteroatoms. The molecule has 0 fully saturated rings. The first-order valence-corrected chi connectivity index (χ1v) is 13.2. The number of hydrogen-bond donors (Lipinski definition) is 3. The first-order chi connectivity index (χ1) is 19.4. The third-order valence-electron chi connectivity index (χ3n) is 6.47. The monoisotopic (exact) mass is 570 g/mol. The van der Waals surface area contributed by atoms with E-state index in [0.717, 1.165) is 23.1 Å². The average molecular weight is 571 g/mol. The summed E-state index contributed by atoms with van der Waals surface area (Å²) in [5.74, 6) is -2.41. The zero-order chi connectivity index (χ0) is 30.2. The van der Waals surface area contributed by atoms with Gasteiger partial charge in [-0.1, -0.05) is 54.8 Å². The minimum Gasteiger partial charge on any atom is -0.481 e. The summed E-state index contributed by atoms with van der Waals surface area (Å²) in [5, 5.41) is 14.4. The molecule has 0 aromatic heterocycles. The number of hydrogen-bond acceptors (Lipinski definition) is 4. The van der Waals surface area contributed by atoms with E-state index in [1.165, 1.54) is 24.3 Å². The molecule has 0 aliphatic carbocycles. The van der Waals surface area contributed by atoms with Crippen LogP contribution < -0.4 is 15.4 Å². The van der Waals surface area contributed by atoms with Gasteiger partial charge in [-0.2, -0.15) is 0 Å². The first-order valence-electron chi connectivity index (χ1n) is 13.2. The van der Waals surface area contributed by atoms with E-state index in [1.54, 1.807) is 36.4 Å². The lowest BCUT2D eigenvalue weighted by Gasteiger charge is -2.29. The molecule has 3 aromatic carbocycles. The molecule has 3 N–H and O–H groups in total. The fourth-order valence-electron chi connectivity index (χ4n) is 4.73. The van der Waals surface area contributed by atoms with Gasteiger partial charge in [-0.3, -0.25) is 14.4 Å². The fraction of sp³-hybridized carbons (Fsp3) is 0.323. The Balaban J connectivity index is 1.95. The van der Waals surface area contributed by atoms with Crippen LogP contribution in [-0.4, -0.2) is 35.8 Å². The van der Waals surface area contributed by atoms with Crippen LogP contribution in [0.3, 0.4) is 0 Å². The summed E-state index contributed by atoms with van der Waals surface area (Å²) in [6, 6.07) is 17.1. The molecule has 0 aliphatic heterocycles. The maximum atomic E-state index is 13.4. The summed E-state index contributed by atoms with van der Waals surface area (Å²) in [5.41, 5.74) is 4.05. The second-order valence-electron chi connectivity index (χ2n) is 9.86. The van der Waals surface area contributed by atoms with Gasteiger partial charge in [0.05, 0.1) is 12.5 Å². The molecule has 0 radical (unpaired) electrons. The lowest BCUT2D eigenvalue weighted by Crippen LogP contribution is -2.33. The van der Waals surface area contributed by atoms with Crippen molar-refractivity contribution in [3.63, 3.8) is 0 Å². The minimum atomic E-state index is -4.83. The van der Waals surface area contributed by atoms with Crippen molar-refractivity contribution in [2.24, 2.45) is 0 Å². The number of benzene rings is 3. The van der Waals surface area contributed by atoms with Crippen LogP contribution in [0.5, 0.6) is 5.75 Å². The Morgan fingerprint density at radius 1 is 0.854 bits per heavy atom. The van der Waals surface area contributed by atoms with Crippen LogP contribution in [0.2, 0.25) is 0 Å². The van der Waals surface area contributed by atoms with Gasteiger partial charge >= 0.3 is 12.3 Å². The number of amides is 2. The van der Waals surface area contributed by atoms with Crippen molar-refractivity contribution >= 4 is 17.8 Å². The van der Waals surface area contributed by atoms with Crippen molar-refractivity contribution in [1.29, 1.82) is 0 Å². The average Bonchev–Trinajstić information content (AvgIpc) is 2.89. The second-order valence-corrected chi connectivity index (χ2v) is 9.86. The Labute approximate surface area is 236 Å². The molecule has 2 atom stereocenters. The van der Waals surface area contributed by atoms with Crippen molar-refractivity contribution < 1.29 is 37.4 Å². The van der Waals surface area contributed by atoms with Crippen LogP contribution in [0.15, 0.2) is 66.7 Å². The molecule has 0 saturated heterocycles. The van der Waals surface area contributed by atoms with E-state index in [2.05, 4.69) is 15.4 Å². The Morgan fingerprint density at radius 2 is 1.44 bits per heavy atom. The van der Waals surface area contributed by atoms with E-state index in [4.69, 9.17) is 5.11 Å². The van der Waals surface area contributed by atoms with Gasteiger partial charge in [-0.15, -0.1) is 13.2 Å². The van der Waals surface area contributed by atoms with Crippen LogP contribution >= 0.6 is 0 Å². The minimum absolute atomic E-state index is 0.00499. The topological polar surface area (TPSA) is 105 Å². The number of rotatable bonds is 12.